The zero-order chi connectivity index (χ0) is 26.4. The summed E-state index contributed by atoms with van der Waals surface area (Å²) in [5, 5.41) is 13.1. The third-order valence-corrected chi connectivity index (χ3v) is 7.36. The van der Waals surface area contributed by atoms with Crippen LogP contribution in [0, 0.1) is 0 Å². The highest BCUT2D eigenvalue weighted by Crippen LogP contribution is 2.30. The van der Waals surface area contributed by atoms with Gasteiger partial charge in [0, 0.05) is 46.6 Å². The van der Waals surface area contributed by atoms with Gasteiger partial charge < -0.3 is 25.0 Å². The number of nitrogen functional groups attached to an aromatic ring is 1. The number of benzene rings is 2. The first-order valence-electron chi connectivity index (χ1n) is 12.0. The SMILES string of the molecule is CC(C)S(=O)c1ccc(-c2cnc(N)c(-c3cc(-c4ccc(N(C)CCOCCO)cc4)no3)n2)cc1. The van der Waals surface area contributed by atoms with E-state index in [4.69, 9.17) is 20.1 Å². The number of hydrogen-bond donors (Lipinski definition) is 2. The molecule has 0 amide bonds. The molecule has 0 aliphatic carbocycles. The zero-order valence-corrected chi connectivity index (χ0v) is 21.9. The molecule has 0 aliphatic heterocycles. The largest absolute Gasteiger partial charge is 0.394 e. The molecule has 0 saturated carbocycles. The van der Waals surface area contributed by atoms with Crippen molar-refractivity contribution in [3.63, 3.8) is 0 Å². The van der Waals surface area contributed by atoms with E-state index in [1.807, 2.05) is 69.4 Å². The summed E-state index contributed by atoms with van der Waals surface area (Å²) in [6.07, 6.45) is 1.61. The van der Waals surface area contributed by atoms with Crippen molar-refractivity contribution in [2.24, 2.45) is 0 Å². The number of aliphatic hydroxyl groups is 1. The number of anilines is 2. The highest BCUT2D eigenvalue weighted by Gasteiger charge is 2.16. The molecule has 4 rings (SSSR count). The van der Waals surface area contributed by atoms with Crippen LogP contribution >= 0.6 is 0 Å². The Morgan fingerprint density at radius 3 is 2.41 bits per heavy atom. The lowest BCUT2D eigenvalue weighted by Crippen LogP contribution is -2.23. The predicted octanol–water partition coefficient (Wildman–Crippen LogP) is 4.01. The number of ether oxygens (including phenoxy) is 1. The second kappa shape index (κ2) is 12.1. The fourth-order valence-corrected chi connectivity index (χ4v) is 4.61. The summed E-state index contributed by atoms with van der Waals surface area (Å²) in [5.74, 6) is 0.658. The Kier molecular flexibility index (Phi) is 8.65. The Balaban J connectivity index is 1.50. The molecule has 1 unspecified atom stereocenters. The Morgan fingerprint density at radius 2 is 1.73 bits per heavy atom. The molecule has 194 valence electrons. The van der Waals surface area contributed by atoms with E-state index in [0.717, 1.165) is 21.7 Å². The van der Waals surface area contributed by atoms with Gasteiger partial charge in [0.2, 0.25) is 0 Å². The zero-order valence-electron chi connectivity index (χ0n) is 21.1. The van der Waals surface area contributed by atoms with Crippen LogP contribution < -0.4 is 10.6 Å². The van der Waals surface area contributed by atoms with Gasteiger partial charge in [-0.1, -0.05) is 43.3 Å². The first kappa shape index (κ1) is 26.5. The molecule has 3 N–H and O–H groups in total. The Bertz CT molecular complexity index is 1340. The minimum absolute atomic E-state index is 0.0222. The van der Waals surface area contributed by atoms with Crippen molar-refractivity contribution in [1.29, 1.82) is 0 Å². The number of nitrogens with two attached hydrogens (primary N) is 1. The minimum atomic E-state index is -1.06. The molecule has 0 bridgehead atoms. The van der Waals surface area contributed by atoms with Crippen LogP contribution in [0.5, 0.6) is 0 Å². The van der Waals surface area contributed by atoms with Crippen LogP contribution in [0.15, 0.2) is 70.2 Å². The number of rotatable bonds is 11. The predicted molar refractivity (Wildman–Crippen MR) is 146 cm³/mol. The van der Waals surface area contributed by atoms with Crippen molar-refractivity contribution in [2.75, 3.05) is 44.0 Å². The van der Waals surface area contributed by atoms with E-state index in [-0.39, 0.29) is 17.7 Å². The van der Waals surface area contributed by atoms with Gasteiger partial charge in [-0.3, -0.25) is 4.21 Å². The Hall–Kier alpha value is -3.60. The van der Waals surface area contributed by atoms with Crippen LogP contribution in [0.25, 0.3) is 34.0 Å². The second-order valence-electron chi connectivity index (χ2n) is 8.74. The highest BCUT2D eigenvalue weighted by atomic mass is 32.2. The van der Waals surface area contributed by atoms with Gasteiger partial charge in [-0.2, -0.15) is 0 Å². The van der Waals surface area contributed by atoms with Crippen molar-refractivity contribution < 1.29 is 18.6 Å². The standard InChI is InChI=1S/C27H31N5O4S/c1-18(2)37(34)22-10-6-20(7-11-22)24-17-29-27(28)26(30-24)25-16-23(31-36-25)19-4-8-21(9-5-19)32(3)12-14-35-15-13-33/h4-11,16-18,33H,12-15H2,1-3H3,(H2,28,29). The highest BCUT2D eigenvalue weighted by molar-refractivity contribution is 7.85. The maximum Gasteiger partial charge on any atom is 0.189 e. The van der Waals surface area contributed by atoms with Crippen molar-refractivity contribution >= 4 is 22.3 Å². The monoisotopic (exact) mass is 521 g/mol. The molecule has 37 heavy (non-hydrogen) atoms. The van der Waals surface area contributed by atoms with Crippen LogP contribution in [0.4, 0.5) is 11.5 Å². The van der Waals surface area contributed by atoms with Gasteiger partial charge in [0.05, 0.1) is 42.5 Å². The average molecular weight is 522 g/mol. The molecule has 1 atom stereocenters. The summed E-state index contributed by atoms with van der Waals surface area (Å²) in [6.45, 7) is 5.46. The first-order chi connectivity index (χ1) is 17.9. The van der Waals surface area contributed by atoms with Crippen molar-refractivity contribution in [3.05, 3.63) is 60.8 Å². The van der Waals surface area contributed by atoms with Gasteiger partial charge >= 0.3 is 0 Å². The molecular weight excluding hydrogens is 490 g/mol. The first-order valence-corrected chi connectivity index (χ1v) is 13.2. The number of aliphatic hydroxyl groups excluding tert-OH is 1. The summed E-state index contributed by atoms with van der Waals surface area (Å²) in [7, 11) is 0.927. The molecular formula is C27H31N5O4S. The molecule has 0 fully saturated rings. The summed E-state index contributed by atoms with van der Waals surface area (Å²) >= 11 is 0. The van der Waals surface area contributed by atoms with Crippen molar-refractivity contribution in [1.82, 2.24) is 15.1 Å². The minimum Gasteiger partial charge on any atom is -0.394 e. The molecule has 2 aromatic heterocycles. The van der Waals surface area contributed by atoms with Crippen molar-refractivity contribution in [2.45, 2.75) is 24.0 Å². The molecule has 10 heteroatoms. The van der Waals surface area contributed by atoms with Crippen LogP contribution in [0.2, 0.25) is 0 Å². The van der Waals surface area contributed by atoms with E-state index in [2.05, 4.69) is 20.0 Å². The van der Waals surface area contributed by atoms with Crippen LogP contribution in [-0.4, -0.2) is 63.1 Å². The van der Waals surface area contributed by atoms with Crippen LogP contribution in [-0.2, 0) is 15.5 Å². The number of likely N-dealkylation sites (N-methyl/N-ethyl adjacent to an activating group) is 1. The Labute approximate surface area is 218 Å². The van der Waals surface area contributed by atoms with Gasteiger partial charge in [0.25, 0.3) is 0 Å². The quantitative estimate of drug-likeness (QED) is 0.281. The molecule has 4 aromatic rings. The molecule has 2 aromatic carbocycles. The molecule has 9 nitrogen and oxygen atoms in total. The third kappa shape index (κ3) is 6.40. The molecule has 0 saturated heterocycles. The molecule has 2 heterocycles. The number of nitrogens with zero attached hydrogens (tertiary/aromatic N) is 4. The summed E-state index contributed by atoms with van der Waals surface area (Å²) in [5.41, 5.74) is 10.6. The normalized spacial score (nSPS) is 12.1. The molecule has 0 radical (unpaired) electrons. The number of hydrogen-bond acceptors (Lipinski definition) is 9. The lowest BCUT2D eigenvalue weighted by atomic mass is 10.1. The second-order valence-corrected chi connectivity index (χ2v) is 10.7. The van der Waals surface area contributed by atoms with E-state index < -0.39 is 10.8 Å². The van der Waals surface area contributed by atoms with E-state index in [1.54, 1.807) is 12.3 Å². The lowest BCUT2D eigenvalue weighted by Gasteiger charge is -2.19. The fraction of sp³-hybridized carbons (Fsp3) is 0.296. The van der Waals surface area contributed by atoms with Gasteiger partial charge in [0.15, 0.2) is 17.3 Å². The fourth-order valence-electron chi connectivity index (χ4n) is 3.66. The van der Waals surface area contributed by atoms with Crippen LogP contribution in [0.3, 0.4) is 0 Å². The van der Waals surface area contributed by atoms with Gasteiger partial charge in [-0.15, -0.1) is 0 Å². The summed E-state index contributed by atoms with van der Waals surface area (Å²) in [6, 6.07) is 17.2. The van der Waals surface area contributed by atoms with Gasteiger partial charge in [0.1, 0.15) is 5.69 Å². The maximum atomic E-state index is 12.3. The molecule has 0 spiro atoms. The third-order valence-electron chi connectivity index (χ3n) is 5.77. The van der Waals surface area contributed by atoms with Crippen LogP contribution in [0.1, 0.15) is 13.8 Å². The van der Waals surface area contributed by atoms with Crippen molar-refractivity contribution in [3.8, 4) is 34.0 Å². The summed E-state index contributed by atoms with van der Waals surface area (Å²) < 4.78 is 23.3. The van der Waals surface area contributed by atoms with E-state index in [1.165, 1.54) is 0 Å². The van der Waals surface area contributed by atoms with E-state index in [0.29, 0.717) is 42.6 Å². The number of aromatic nitrogens is 3. The smallest absolute Gasteiger partial charge is 0.189 e. The van der Waals surface area contributed by atoms with Gasteiger partial charge in [-0.25, -0.2) is 9.97 Å². The van der Waals surface area contributed by atoms with E-state index >= 15 is 0 Å². The van der Waals surface area contributed by atoms with E-state index in [9.17, 15) is 4.21 Å². The van der Waals surface area contributed by atoms with Gasteiger partial charge in [-0.05, 0) is 24.3 Å². The lowest BCUT2D eigenvalue weighted by molar-refractivity contribution is 0.0971. The summed E-state index contributed by atoms with van der Waals surface area (Å²) in [4.78, 5) is 11.8. The molecule has 0 aliphatic rings. The Morgan fingerprint density at radius 1 is 1.05 bits per heavy atom. The average Bonchev–Trinajstić information content (AvgIpc) is 3.41. The topological polar surface area (TPSA) is 128 Å². The maximum absolute atomic E-state index is 12.3.